The molecule has 0 aromatic heterocycles. The molecule has 1 aromatic rings. The molecular weight excluding hydrogens is 192 g/mol. The first kappa shape index (κ1) is 10.3. The van der Waals surface area contributed by atoms with E-state index in [0.717, 1.165) is 31.1 Å². The van der Waals surface area contributed by atoms with Gasteiger partial charge in [0.1, 0.15) is 0 Å². The van der Waals surface area contributed by atoms with Crippen LogP contribution in [-0.4, -0.2) is 26.9 Å². The Hall–Kier alpha value is -1.26. The Kier molecular flexibility index (Phi) is 3.42. The average Bonchev–Trinajstić information content (AvgIpc) is 2.71. The van der Waals surface area contributed by atoms with Crippen molar-refractivity contribution < 1.29 is 9.47 Å². The van der Waals surface area contributed by atoms with Crippen LogP contribution in [0.4, 0.5) is 0 Å². The lowest BCUT2D eigenvalue weighted by Crippen LogP contribution is -2.24. The van der Waals surface area contributed by atoms with E-state index in [2.05, 4.69) is 16.7 Å². The second-order valence-electron chi connectivity index (χ2n) is 3.47. The molecule has 1 aromatic carbocycles. The van der Waals surface area contributed by atoms with Gasteiger partial charge < -0.3 is 20.1 Å². The molecular formula is C11H16N2O2. The Morgan fingerprint density at radius 3 is 2.93 bits per heavy atom. The van der Waals surface area contributed by atoms with Crippen molar-refractivity contribution in [3.05, 3.63) is 23.8 Å². The Labute approximate surface area is 89.6 Å². The molecule has 0 saturated heterocycles. The van der Waals surface area contributed by atoms with Crippen LogP contribution in [0.5, 0.6) is 11.5 Å². The molecule has 4 nitrogen and oxygen atoms in total. The van der Waals surface area contributed by atoms with Gasteiger partial charge >= 0.3 is 0 Å². The van der Waals surface area contributed by atoms with E-state index in [1.165, 1.54) is 5.56 Å². The van der Waals surface area contributed by atoms with E-state index in [-0.39, 0.29) is 0 Å². The normalized spacial score (nSPS) is 13.1. The van der Waals surface area contributed by atoms with Crippen molar-refractivity contribution >= 4 is 0 Å². The summed E-state index contributed by atoms with van der Waals surface area (Å²) in [5.41, 5.74) is 1.22. The van der Waals surface area contributed by atoms with E-state index in [9.17, 15) is 0 Å². The van der Waals surface area contributed by atoms with Gasteiger partial charge in [0.05, 0.1) is 0 Å². The summed E-state index contributed by atoms with van der Waals surface area (Å²) < 4.78 is 10.5. The van der Waals surface area contributed by atoms with Crippen LogP contribution in [0.15, 0.2) is 18.2 Å². The average molecular weight is 208 g/mol. The summed E-state index contributed by atoms with van der Waals surface area (Å²) in [6, 6.07) is 6.03. The van der Waals surface area contributed by atoms with Crippen LogP contribution in [0.3, 0.4) is 0 Å². The first-order valence-electron chi connectivity index (χ1n) is 5.14. The van der Waals surface area contributed by atoms with E-state index in [4.69, 9.17) is 9.47 Å². The zero-order valence-corrected chi connectivity index (χ0v) is 8.88. The number of likely N-dealkylation sites (N-methyl/N-ethyl adjacent to an activating group) is 1. The van der Waals surface area contributed by atoms with E-state index in [1.54, 1.807) is 0 Å². The van der Waals surface area contributed by atoms with Gasteiger partial charge in [-0.15, -0.1) is 0 Å². The van der Waals surface area contributed by atoms with Gasteiger partial charge in [-0.2, -0.15) is 0 Å². The Balaban J connectivity index is 1.87. The Morgan fingerprint density at radius 1 is 1.20 bits per heavy atom. The predicted molar refractivity (Wildman–Crippen MR) is 58.2 cm³/mol. The van der Waals surface area contributed by atoms with Gasteiger partial charge in [0.15, 0.2) is 11.5 Å². The van der Waals surface area contributed by atoms with Crippen molar-refractivity contribution in [2.75, 3.05) is 26.9 Å². The molecule has 82 valence electrons. The third-order valence-electron chi connectivity index (χ3n) is 2.32. The van der Waals surface area contributed by atoms with E-state index in [1.807, 2.05) is 19.2 Å². The molecule has 0 atom stereocenters. The lowest BCUT2D eigenvalue weighted by molar-refractivity contribution is 0.174. The van der Waals surface area contributed by atoms with Crippen molar-refractivity contribution in [3.63, 3.8) is 0 Å². The number of benzene rings is 1. The van der Waals surface area contributed by atoms with Crippen LogP contribution in [0.2, 0.25) is 0 Å². The highest BCUT2D eigenvalue weighted by Gasteiger charge is 2.12. The van der Waals surface area contributed by atoms with Gasteiger partial charge in [0.25, 0.3) is 0 Å². The van der Waals surface area contributed by atoms with E-state index in [0.29, 0.717) is 6.79 Å². The fourth-order valence-corrected chi connectivity index (χ4v) is 1.50. The third-order valence-corrected chi connectivity index (χ3v) is 2.32. The quantitative estimate of drug-likeness (QED) is 0.700. The number of rotatable bonds is 5. The van der Waals surface area contributed by atoms with Gasteiger partial charge in [0.2, 0.25) is 6.79 Å². The summed E-state index contributed by atoms with van der Waals surface area (Å²) in [7, 11) is 1.95. The summed E-state index contributed by atoms with van der Waals surface area (Å²) in [4.78, 5) is 0. The van der Waals surface area contributed by atoms with Gasteiger partial charge in [-0.05, 0) is 24.7 Å². The van der Waals surface area contributed by atoms with Gasteiger partial charge in [-0.25, -0.2) is 0 Å². The minimum absolute atomic E-state index is 0.339. The van der Waals surface area contributed by atoms with Crippen LogP contribution < -0.4 is 20.1 Å². The van der Waals surface area contributed by atoms with Crippen molar-refractivity contribution in [1.29, 1.82) is 0 Å². The van der Waals surface area contributed by atoms with Crippen molar-refractivity contribution in [1.82, 2.24) is 10.6 Å². The first-order valence-corrected chi connectivity index (χ1v) is 5.14. The summed E-state index contributed by atoms with van der Waals surface area (Å²) in [6.45, 7) is 3.14. The standard InChI is InChI=1S/C11H16N2O2/c1-12-4-5-13-7-9-2-3-10-11(6-9)15-8-14-10/h2-3,6,12-13H,4-5,7-8H2,1H3. The molecule has 0 bridgehead atoms. The molecule has 2 N–H and O–H groups in total. The van der Waals surface area contributed by atoms with Crippen molar-refractivity contribution in [2.45, 2.75) is 6.54 Å². The molecule has 2 rings (SSSR count). The molecule has 15 heavy (non-hydrogen) atoms. The molecule has 0 radical (unpaired) electrons. The van der Waals surface area contributed by atoms with Crippen molar-refractivity contribution in [3.8, 4) is 11.5 Å². The second kappa shape index (κ2) is 5.00. The van der Waals surface area contributed by atoms with Crippen LogP contribution >= 0.6 is 0 Å². The number of nitrogens with one attached hydrogen (secondary N) is 2. The van der Waals surface area contributed by atoms with E-state index >= 15 is 0 Å². The number of ether oxygens (including phenoxy) is 2. The number of hydrogen-bond donors (Lipinski definition) is 2. The molecule has 1 aliphatic heterocycles. The molecule has 1 heterocycles. The minimum Gasteiger partial charge on any atom is -0.454 e. The smallest absolute Gasteiger partial charge is 0.231 e. The molecule has 4 heteroatoms. The maximum absolute atomic E-state index is 5.30. The zero-order chi connectivity index (χ0) is 10.5. The number of hydrogen-bond acceptors (Lipinski definition) is 4. The largest absolute Gasteiger partial charge is 0.454 e. The van der Waals surface area contributed by atoms with Crippen LogP contribution in [-0.2, 0) is 6.54 Å². The summed E-state index contributed by atoms with van der Waals surface area (Å²) in [6.07, 6.45) is 0. The molecule has 0 spiro atoms. The summed E-state index contributed by atoms with van der Waals surface area (Å²) >= 11 is 0. The Bertz CT molecular complexity index is 328. The third kappa shape index (κ3) is 2.61. The Morgan fingerprint density at radius 2 is 2.07 bits per heavy atom. The highest BCUT2D eigenvalue weighted by molar-refractivity contribution is 5.44. The highest BCUT2D eigenvalue weighted by Crippen LogP contribution is 2.32. The topological polar surface area (TPSA) is 42.5 Å². The SMILES string of the molecule is CNCCNCc1ccc2c(c1)OCO2. The van der Waals surface area contributed by atoms with Gasteiger partial charge in [-0.1, -0.05) is 6.07 Å². The van der Waals surface area contributed by atoms with E-state index < -0.39 is 0 Å². The highest BCUT2D eigenvalue weighted by atomic mass is 16.7. The molecule has 0 amide bonds. The summed E-state index contributed by atoms with van der Waals surface area (Å²) in [5, 5.41) is 6.42. The monoisotopic (exact) mass is 208 g/mol. The molecule has 0 fully saturated rings. The minimum atomic E-state index is 0.339. The maximum atomic E-state index is 5.30. The van der Waals surface area contributed by atoms with Crippen molar-refractivity contribution in [2.24, 2.45) is 0 Å². The first-order chi connectivity index (χ1) is 7.40. The van der Waals surface area contributed by atoms with Gasteiger partial charge in [0, 0.05) is 19.6 Å². The fraction of sp³-hybridized carbons (Fsp3) is 0.455. The van der Waals surface area contributed by atoms with Gasteiger partial charge in [-0.3, -0.25) is 0 Å². The van der Waals surface area contributed by atoms with Crippen LogP contribution in [0, 0.1) is 0 Å². The molecule has 0 aliphatic carbocycles. The maximum Gasteiger partial charge on any atom is 0.231 e. The van der Waals surface area contributed by atoms with Crippen LogP contribution in [0.1, 0.15) is 5.56 Å². The molecule has 0 unspecified atom stereocenters. The predicted octanol–water partition coefficient (Wildman–Crippen LogP) is 0.724. The summed E-state index contributed by atoms with van der Waals surface area (Å²) in [5.74, 6) is 1.69. The fourth-order valence-electron chi connectivity index (χ4n) is 1.50. The lowest BCUT2D eigenvalue weighted by atomic mass is 10.2. The molecule has 1 aliphatic rings. The number of fused-ring (bicyclic) bond motifs is 1. The lowest BCUT2D eigenvalue weighted by Gasteiger charge is -2.05. The second-order valence-corrected chi connectivity index (χ2v) is 3.47. The molecule has 0 saturated carbocycles. The van der Waals surface area contributed by atoms with Crippen LogP contribution in [0.25, 0.3) is 0 Å². The zero-order valence-electron chi connectivity index (χ0n) is 8.88.